The SMILES string of the molecule is COc1ccc(C(O)(c2ccc(OC)cc2)C(C)(C)C#N)cc1. The zero-order chi connectivity index (χ0) is 17.1. The average Bonchev–Trinajstić information content (AvgIpc) is 2.61. The van der Waals surface area contributed by atoms with Crippen LogP contribution in [0.2, 0.25) is 0 Å². The molecule has 0 atom stereocenters. The molecule has 0 unspecified atom stereocenters. The lowest BCUT2D eigenvalue weighted by Crippen LogP contribution is -2.42. The summed E-state index contributed by atoms with van der Waals surface area (Å²) in [5.74, 6) is 1.39. The molecule has 0 aromatic heterocycles. The Morgan fingerprint density at radius 1 is 0.826 bits per heavy atom. The Morgan fingerprint density at radius 2 is 1.17 bits per heavy atom. The number of methoxy groups -OCH3 is 2. The zero-order valence-corrected chi connectivity index (χ0v) is 13.8. The van der Waals surface area contributed by atoms with Gasteiger partial charge in [-0.25, -0.2) is 0 Å². The van der Waals surface area contributed by atoms with Crippen LogP contribution >= 0.6 is 0 Å². The molecule has 0 bridgehead atoms. The van der Waals surface area contributed by atoms with Crippen LogP contribution in [0.1, 0.15) is 25.0 Å². The Morgan fingerprint density at radius 3 is 1.43 bits per heavy atom. The summed E-state index contributed by atoms with van der Waals surface area (Å²) < 4.78 is 10.3. The summed E-state index contributed by atoms with van der Waals surface area (Å²) in [5.41, 5.74) is -1.22. The quantitative estimate of drug-likeness (QED) is 0.918. The Bertz CT molecular complexity index is 649. The van der Waals surface area contributed by atoms with Gasteiger partial charge in [-0.05, 0) is 49.2 Å². The van der Waals surface area contributed by atoms with Crippen molar-refractivity contribution in [3.05, 3.63) is 59.7 Å². The standard InChI is InChI=1S/C19H21NO3/c1-18(2,13-20)19(21,14-5-9-16(22-3)10-6-14)15-7-11-17(23-4)12-8-15/h5-12,21H,1-4H3. The topological polar surface area (TPSA) is 62.5 Å². The molecule has 4 heteroatoms. The second kappa shape index (κ2) is 6.31. The summed E-state index contributed by atoms with van der Waals surface area (Å²) in [5, 5.41) is 21.1. The highest BCUT2D eigenvalue weighted by Crippen LogP contribution is 2.45. The number of rotatable bonds is 5. The van der Waals surface area contributed by atoms with Gasteiger partial charge in [-0.15, -0.1) is 0 Å². The highest BCUT2D eigenvalue weighted by atomic mass is 16.5. The van der Waals surface area contributed by atoms with Crippen LogP contribution in [0.15, 0.2) is 48.5 Å². The maximum Gasteiger partial charge on any atom is 0.133 e. The Labute approximate surface area is 136 Å². The third kappa shape index (κ3) is 2.88. The van der Waals surface area contributed by atoms with Crippen molar-refractivity contribution in [2.75, 3.05) is 14.2 Å². The normalized spacial score (nSPS) is 11.7. The van der Waals surface area contributed by atoms with Crippen molar-refractivity contribution in [2.24, 2.45) is 5.41 Å². The molecule has 0 spiro atoms. The van der Waals surface area contributed by atoms with Gasteiger partial charge in [-0.1, -0.05) is 24.3 Å². The zero-order valence-electron chi connectivity index (χ0n) is 13.8. The molecule has 0 saturated heterocycles. The molecule has 4 nitrogen and oxygen atoms in total. The largest absolute Gasteiger partial charge is 0.497 e. The van der Waals surface area contributed by atoms with Gasteiger partial charge in [-0.2, -0.15) is 5.26 Å². The first-order valence-electron chi connectivity index (χ1n) is 7.31. The van der Waals surface area contributed by atoms with Crippen molar-refractivity contribution >= 4 is 0 Å². The second-order valence-corrected chi connectivity index (χ2v) is 5.90. The lowest BCUT2D eigenvalue weighted by Gasteiger charge is -2.39. The van der Waals surface area contributed by atoms with Gasteiger partial charge in [0, 0.05) is 0 Å². The molecule has 0 saturated carbocycles. The monoisotopic (exact) mass is 311 g/mol. The molecular formula is C19H21NO3. The molecule has 23 heavy (non-hydrogen) atoms. The van der Waals surface area contributed by atoms with Crippen LogP contribution in [-0.4, -0.2) is 19.3 Å². The Kier molecular flexibility index (Phi) is 4.63. The van der Waals surface area contributed by atoms with Crippen LogP contribution in [0.3, 0.4) is 0 Å². The van der Waals surface area contributed by atoms with E-state index in [4.69, 9.17) is 9.47 Å². The van der Waals surface area contributed by atoms with Gasteiger partial charge in [0.1, 0.15) is 17.1 Å². The molecule has 2 aromatic rings. The van der Waals surface area contributed by atoms with E-state index in [0.29, 0.717) is 22.6 Å². The molecule has 0 aliphatic rings. The summed E-state index contributed by atoms with van der Waals surface area (Å²) in [6.07, 6.45) is 0. The van der Waals surface area contributed by atoms with Crippen molar-refractivity contribution in [3.63, 3.8) is 0 Å². The van der Waals surface area contributed by atoms with Crippen LogP contribution in [0, 0.1) is 16.7 Å². The number of benzene rings is 2. The lowest BCUT2D eigenvalue weighted by molar-refractivity contribution is -0.00492. The average molecular weight is 311 g/mol. The van der Waals surface area contributed by atoms with Gasteiger partial charge in [-0.3, -0.25) is 0 Å². The number of nitriles is 1. The van der Waals surface area contributed by atoms with E-state index in [2.05, 4.69) is 6.07 Å². The number of nitrogens with zero attached hydrogens (tertiary/aromatic N) is 1. The fraction of sp³-hybridized carbons (Fsp3) is 0.316. The predicted octanol–water partition coefficient (Wildman–Crippen LogP) is 3.49. The summed E-state index contributed by atoms with van der Waals surface area (Å²) in [6.45, 7) is 3.45. The van der Waals surface area contributed by atoms with Crippen molar-refractivity contribution in [2.45, 2.75) is 19.4 Å². The number of hydrogen-bond acceptors (Lipinski definition) is 4. The van der Waals surface area contributed by atoms with Gasteiger partial charge >= 0.3 is 0 Å². The van der Waals surface area contributed by atoms with Crippen molar-refractivity contribution in [1.82, 2.24) is 0 Å². The van der Waals surface area contributed by atoms with Gasteiger partial charge in [0.2, 0.25) is 0 Å². The summed E-state index contributed by atoms with van der Waals surface area (Å²) in [6, 6.07) is 16.4. The number of aliphatic hydroxyl groups is 1. The van der Waals surface area contributed by atoms with E-state index in [1.54, 1.807) is 76.6 Å². The third-order valence-electron chi connectivity index (χ3n) is 4.20. The summed E-state index contributed by atoms with van der Waals surface area (Å²) in [7, 11) is 3.17. The highest BCUT2D eigenvalue weighted by molar-refractivity contribution is 5.44. The molecule has 0 aliphatic carbocycles. The number of hydrogen-bond donors (Lipinski definition) is 1. The van der Waals surface area contributed by atoms with Crippen molar-refractivity contribution < 1.29 is 14.6 Å². The molecule has 0 heterocycles. The second-order valence-electron chi connectivity index (χ2n) is 5.90. The Hall–Kier alpha value is -2.51. The maximum absolute atomic E-state index is 11.5. The van der Waals surface area contributed by atoms with Gasteiger partial charge < -0.3 is 14.6 Å². The first-order chi connectivity index (χ1) is 10.9. The molecule has 0 aliphatic heterocycles. The first-order valence-corrected chi connectivity index (χ1v) is 7.31. The Balaban J connectivity index is 2.62. The minimum atomic E-state index is -1.46. The van der Waals surface area contributed by atoms with Crippen molar-refractivity contribution in [3.8, 4) is 17.6 Å². The smallest absolute Gasteiger partial charge is 0.133 e. The molecule has 1 N–H and O–H groups in total. The molecule has 2 rings (SSSR count). The lowest BCUT2D eigenvalue weighted by atomic mass is 9.68. The van der Waals surface area contributed by atoms with Crippen LogP contribution in [-0.2, 0) is 5.60 Å². The van der Waals surface area contributed by atoms with E-state index in [0.717, 1.165) is 0 Å². The van der Waals surface area contributed by atoms with Gasteiger partial charge in [0.15, 0.2) is 0 Å². The molecule has 0 amide bonds. The van der Waals surface area contributed by atoms with E-state index in [9.17, 15) is 10.4 Å². The number of ether oxygens (including phenoxy) is 2. The van der Waals surface area contributed by atoms with Crippen LogP contribution in [0.25, 0.3) is 0 Å². The molecule has 120 valence electrons. The third-order valence-corrected chi connectivity index (χ3v) is 4.20. The molecular weight excluding hydrogens is 290 g/mol. The highest BCUT2D eigenvalue weighted by Gasteiger charge is 2.47. The predicted molar refractivity (Wildman–Crippen MR) is 88.4 cm³/mol. The van der Waals surface area contributed by atoms with E-state index < -0.39 is 11.0 Å². The fourth-order valence-corrected chi connectivity index (χ4v) is 2.63. The van der Waals surface area contributed by atoms with Crippen molar-refractivity contribution in [1.29, 1.82) is 5.26 Å². The summed E-state index contributed by atoms with van der Waals surface area (Å²) in [4.78, 5) is 0. The van der Waals surface area contributed by atoms with Gasteiger partial charge in [0.05, 0.1) is 25.7 Å². The van der Waals surface area contributed by atoms with Crippen LogP contribution < -0.4 is 9.47 Å². The van der Waals surface area contributed by atoms with E-state index in [1.807, 2.05) is 0 Å². The molecule has 2 aromatic carbocycles. The summed E-state index contributed by atoms with van der Waals surface area (Å²) >= 11 is 0. The van der Waals surface area contributed by atoms with E-state index >= 15 is 0 Å². The minimum Gasteiger partial charge on any atom is -0.497 e. The fourth-order valence-electron chi connectivity index (χ4n) is 2.63. The van der Waals surface area contributed by atoms with Gasteiger partial charge in [0.25, 0.3) is 0 Å². The maximum atomic E-state index is 11.5. The molecule has 0 fully saturated rings. The van der Waals surface area contributed by atoms with Crippen LogP contribution in [0.5, 0.6) is 11.5 Å². The molecule has 0 radical (unpaired) electrons. The van der Waals surface area contributed by atoms with Crippen LogP contribution in [0.4, 0.5) is 0 Å². The first kappa shape index (κ1) is 16.9. The van der Waals surface area contributed by atoms with E-state index in [-0.39, 0.29) is 0 Å². The minimum absolute atomic E-state index is 0.634. The van der Waals surface area contributed by atoms with E-state index in [1.165, 1.54) is 0 Å².